The monoisotopic (exact) mass is 303 g/mol. The van der Waals surface area contributed by atoms with Crippen molar-refractivity contribution in [3.8, 4) is 23.3 Å². The molecule has 0 atom stereocenters. The highest BCUT2D eigenvalue weighted by atomic mass is 16.5. The van der Waals surface area contributed by atoms with Gasteiger partial charge in [0.1, 0.15) is 0 Å². The minimum absolute atomic E-state index is 0.118. The molecule has 0 aliphatic rings. The van der Waals surface area contributed by atoms with Crippen molar-refractivity contribution in [3.63, 3.8) is 0 Å². The zero-order valence-corrected chi connectivity index (χ0v) is 14.3. The lowest BCUT2D eigenvalue weighted by atomic mass is 9.98. The van der Waals surface area contributed by atoms with Crippen molar-refractivity contribution in [3.05, 3.63) is 23.8 Å². The van der Waals surface area contributed by atoms with Crippen molar-refractivity contribution in [2.75, 3.05) is 13.7 Å². The van der Waals surface area contributed by atoms with Crippen LogP contribution in [0.3, 0.4) is 0 Å². The van der Waals surface area contributed by atoms with Crippen molar-refractivity contribution in [1.29, 1.82) is 0 Å². The van der Waals surface area contributed by atoms with Crippen LogP contribution in [0.15, 0.2) is 18.2 Å². The summed E-state index contributed by atoms with van der Waals surface area (Å²) in [6.45, 7) is 8.21. The van der Waals surface area contributed by atoms with Crippen molar-refractivity contribution >= 4 is 0 Å². The van der Waals surface area contributed by atoms with Crippen LogP contribution >= 0.6 is 0 Å². The van der Waals surface area contributed by atoms with Crippen molar-refractivity contribution in [2.45, 2.75) is 53.0 Å². The van der Waals surface area contributed by atoms with Crippen LogP contribution in [0.25, 0.3) is 0 Å². The topological polar surface area (TPSA) is 41.5 Å². The SMILES string of the molecule is COc1cc(CNCCCCCC#CC(C)(C)C)ccc1O. The maximum absolute atomic E-state index is 9.54. The second kappa shape index (κ2) is 9.38. The number of benzene rings is 1. The molecule has 0 aromatic heterocycles. The number of ether oxygens (including phenoxy) is 1. The Balaban J connectivity index is 2.12. The van der Waals surface area contributed by atoms with Gasteiger partial charge in [-0.3, -0.25) is 0 Å². The first-order chi connectivity index (χ1) is 10.4. The van der Waals surface area contributed by atoms with Gasteiger partial charge < -0.3 is 15.2 Å². The number of phenolic OH excluding ortho intramolecular Hbond substituents is 1. The van der Waals surface area contributed by atoms with Gasteiger partial charge in [-0.2, -0.15) is 0 Å². The molecule has 22 heavy (non-hydrogen) atoms. The van der Waals surface area contributed by atoms with Gasteiger partial charge in [0, 0.05) is 18.4 Å². The molecule has 1 aromatic rings. The summed E-state index contributed by atoms with van der Waals surface area (Å²) in [5, 5.41) is 13.0. The predicted molar refractivity (Wildman–Crippen MR) is 92.1 cm³/mol. The highest BCUT2D eigenvalue weighted by Gasteiger charge is 2.03. The van der Waals surface area contributed by atoms with E-state index in [1.54, 1.807) is 13.2 Å². The number of hydrogen-bond donors (Lipinski definition) is 2. The first-order valence-corrected chi connectivity index (χ1v) is 7.99. The van der Waals surface area contributed by atoms with Gasteiger partial charge in [-0.25, -0.2) is 0 Å². The Morgan fingerprint density at radius 2 is 1.95 bits per heavy atom. The molecule has 0 unspecified atom stereocenters. The van der Waals surface area contributed by atoms with E-state index in [9.17, 15) is 5.11 Å². The second-order valence-electron chi connectivity index (χ2n) is 6.55. The molecule has 0 saturated heterocycles. The van der Waals surface area contributed by atoms with Gasteiger partial charge in [-0.05, 0) is 57.9 Å². The zero-order chi connectivity index (χ0) is 16.4. The molecule has 1 rings (SSSR count). The Morgan fingerprint density at radius 3 is 2.64 bits per heavy atom. The molecular weight excluding hydrogens is 274 g/mol. The molecule has 0 heterocycles. The van der Waals surface area contributed by atoms with Gasteiger partial charge in [0.15, 0.2) is 11.5 Å². The van der Waals surface area contributed by atoms with E-state index in [1.807, 2.05) is 12.1 Å². The minimum atomic E-state index is 0.118. The van der Waals surface area contributed by atoms with Gasteiger partial charge in [-0.1, -0.05) is 18.4 Å². The van der Waals surface area contributed by atoms with Crippen LogP contribution < -0.4 is 10.1 Å². The molecule has 0 amide bonds. The van der Waals surface area contributed by atoms with Gasteiger partial charge >= 0.3 is 0 Å². The van der Waals surface area contributed by atoms with E-state index in [-0.39, 0.29) is 11.2 Å². The third-order valence-corrected chi connectivity index (χ3v) is 3.19. The zero-order valence-electron chi connectivity index (χ0n) is 14.3. The molecule has 0 aliphatic heterocycles. The first-order valence-electron chi connectivity index (χ1n) is 7.99. The summed E-state index contributed by atoms with van der Waals surface area (Å²) in [5.41, 5.74) is 1.23. The Kier molecular flexibility index (Phi) is 7.84. The van der Waals surface area contributed by atoms with E-state index in [0.717, 1.165) is 37.9 Å². The standard InChI is InChI=1S/C19H29NO2/c1-19(2,3)12-8-6-5-7-9-13-20-15-16-10-11-17(21)18(14-16)22-4/h10-11,14,20-21H,5-7,9,13,15H2,1-4H3. The normalized spacial score (nSPS) is 10.9. The number of phenols is 1. The summed E-state index contributed by atoms with van der Waals surface area (Å²) in [4.78, 5) is 0. The molecule has 122 valence electrons. The fourth-order valence-corrected chi connectivity index (χ4v) is 2.03. The summed E-state index contributed by atoms with van der Waals surface area (Å²) >= 11 is 0. The number of rotatable bonds is 8. The lowest BCUT2D eigenvalue weighted by Gasteiger charge is -2.08. The molecule has 0 saturated carbocycles. The number of nitrogens with one attached hydrogen (secondary N) is 1. The fraction of sp³-hybridized carbons (Fsp3) is 0.579. The van der Waals surface area contributed by atoms with E-state index in [2.05, 4.69) is 37.9 Å². The first kappa shape index (κ1) is 18.4. The average molecular weight is 303 g/mol. The number of unbranched alkanes of at least 4 members (excludes halogenated alkanes) is 3. The van der Waals surface area contributed by atoms with Crippen molar-refractivity contribution < 1.29 is 9.84 Å². The Hall–Kier alpha value is -1.66. The van der Waals surface area contributed by atoms with Crippen LogP contribution in [0.1, 0.15) is 52.0 Å². The van der Waals surface area contributed by atoms with Crippen LogP contribution in [-0.2, 0) is 6.54 Å². The van der Waals surface area contributed by atoms with Crippen LogP contribution in [-0.4, -0.2) is 18.8 Å². The predicted octanol–water partition coefficient (Wildman–Crippen LogP) is 4.10. The largest absolute Gasteiger partial charge is 0.504 e. The van der Waals surface area contributed by atoms with Crippen molar-refractivity contribution in [2.24, 2.45) is 5.41 Å². The second-order valence-corrected chi connectivity index (χ2v) is 6.55. The Bertz CT molecular complexity index is 506. The molecule has 0 radical (unpaired) electrons. The lowest BCUT2D eigenvalue weighted by Crippen LogP contribution is -2.14. The van der Waals surface area contributed by atoms with Gasteiger partial charge in [0.25, 0.3) is 0 Å². The fourth-order valence-electron chi connectivity index (χ4n) is 2.03. The lowest BCUT2D eigenvalue weighted by molar-refractivity contribution is 0.372. The van der Waals surface area contributed by atoms with Crippen LogP contribution in [0.2, 0.25) is 0 Å². The third kappa shape index (κ3) is 7.95. The summed E-state index contributed by atoms with van der Waals surface area (Å²) in [7, 11) is 1.56. The smallest absolute Gasteiger partial charge is 0.160 e. The van der Waals surface area contributed by atoms with Crippen LogP contribution in [0, 0.1) is 17.3 Å². The van der Waals surface area contributed by atoms with Crippen LogP contribution in [0.4, 0.5) is 0 Å². The van der Waals surface area contributed by atoms with Gasteiger partial charge in [-0.15, -0.1) is 5.92 Å². The van der Waals surface area contributed by atoms with Gasteiger partial charge in [0.2, 0.25) is 0 Å². The summed E-state index contributed by atoms with van der Waals surface area (Å²) in [6.07, 6.45) is 4.52. The molecule has 3 nitrogen and oxygen atoms in total. The number of hydrogen-bond acceptors (Lipinski definition) is 3. The molecule has 2 N–H and O–H groups in total. The average Bonchev–Trinajstić information content (AvgIpc) is 2.46. The summed E-state index contributed by atoms with van der Waals surface area (Å²) < 4.78 is 5.10. The van der Waals surface area contributed by atoms with E-state index in [4.69, 9.17) is 4.74 Å². The highest BCUT2D eigenvalue weighted by Crippen LogP contribution is 2.26. The van der Waals surface area contributed by atoms with Crippen LogP contribution in [0.5, 0.6) is 11.5 Å². The molecule has 0 bridgehead atoms. The quantitative estimate of drug-likeness (QED) is 0.561. The molecule has 3 heteroatoms. The number of aromatic hydroxyl groups is 1. The van der Waals surface area contributed by atoms with Gasteiger partial charge in [0.05, 0.1) is 7.11 Å². The maximum atomic E-state index is 9.54. The Morgan fingerprint density at radius 1 is 1.18 bits per heavy atom. The maximum Gasteiger partial charge on any atom is 0.160 e. The van der Waals surface area contributed by atoms with E-state index in [0.29, 0.717) is 5.75 Å². The molecular formula is C19H29NO2. The molecule has 0 aliphatic carbocycles. The molecule has 0 spiro atoms. The Labute approximate surface area is 135 Å². The van der Waals surface area contributed by atoms with E-state index in [1.165, 1.54) is 6.42 Å². The van der Waals surface area contributed by atoms with E-state index >= 15 is 0 Å². The molecule has 0 fully saturated rings. The minimum Gasteiger partial charge on any atom is -0.504 e. The summed E-state index contributed by atoms with van der Waals surface area (Å²) in [5.74, 6) is 7.22. The highest BCUT2D eigenvalue weighted by molar-refractivity contribution is 5.41. The van der Waals surface area contributed by atoms with Crippen molar-refractivity contribution in [1.82, 2.24) is 5.32 Å². The summed E-state index contributed by atoms with van der Waals surface area (Å²) in [6, 6.07) is 5.45. The number of methoxy groups -OCH3 is 1. The molecule has 1 aromatic carbocycles. The van der Waals surface area contributed by atoms with E-state index < -0.39 is 0 Å². The third-order valence-electron chi connectivity index (χ3n) is 3.19.